The molecule has 0 aromatic heterocycles. The molecule has 0 aliphatic carbocycles. The van der Waals surface area contributed by atoms with Gasteiger partial charge in [-0.2, -0.15) is 0 Å². The SMILES string of the molecule is CCC(=O)Nc1ccc(NC(=O)c2cccc(C)c2OC)cc1. The van der Waals surface area contributed by atoms with E-state index in [4.69, 9.17) is 4.74 Å². The molecule has 0 bridgehead atoms. The van der Waals surface area contributed by atoms with Crippen LogP contribution < -0.4 is 15.4 Å². The van der Waals surface area contributed by atoms with Crippen LogP contribution in [-0.4, -0.2) is 18.9 Å². The largest absolute Gasteiger partial charge is 0.496 e. The lowest BCUT2D eigenvalue weighted by Gasteiger charge is -2.12. The molecule has 2 N–H and O–H groups in total. The fourth-order valence-electron chi connectivity index (χ4n) is 2.19. The Morgan fingerprint density at radius 1 is 1.00 bits per heavy atom. The van der Waals surface area contributed by atoms with Crippen LogP contribution >= 0.6 is 0 Å². The van der Waals surface area contributed by atoms with Crippen LogP contribution in [0.25, 0.3) is 0 Å². The van der Waals surface area contributed by atoms with Gasteiger partial charge in [0.25, 0.3) is 5.91 Å². The zero-order valence-corrected chi connectivity index (χ0v) is 13.5. The predicted molar refractivity (Wildman–Crippen MR) is 91.0 cm³/mol. The number of carbonyl (C=O) groups is 2. The molecular weight excluding hydrogens is 292 g/mol. The second kappa shape index (κ2) is 7.45. The summed E-state index contributed by atoms with van der Waals surface area (Å²) in [6.07, 6.45) is 0.422. The molecule has 0 aliphatic heterocycles. The summed E-state index contributed by atoms with van der Waals surface area (Å²) in [5, 5.41) is 5.58. The third-order valence-electron chi connectivity index (χ3n) is 3.41. The highest BCUT2D eigenvalue weighted by molar-refractivity contribution is 6.06. The van der Waals surface area contributed by atoms with Crippen LogP contribution in [0.3, 0.4) is 0 Å². The van der Waals surface area contributed by atoms with Gasteiger partial charge in [0.15, 0.2) is 0 Å². The van der Waals surface area contributed by atoms with E-state index in [1.165, 1.54) is 0 Å². The number of anilines is 2. The van der Waals surface area contributed by atoms with E-state index in [-0.39, 0.29) is 11.8 Å². The van der Waals surface area contributed by atoms with Crippen molar-refractivity contribution >= 4 is 23.2 Å². The quantitative estimate of drug-likeness (QED) is 0.886. The Morgan fingerprint density at radius 2 is 1.61 bits per heavy atom. The van der Waals surface area contributed by atoms with Crippen molar-refractivity contribution in [2.45, 2.75) is 20.3 Å². The van der Waals surface area contributed by atoms with Crippen molar-refractivity contribution in [3.8, 4) is 5.75 Å². The van der Waals surface area contributed by atoms with E-state index in [0.717, 1.165) is 5.56 Å². The minimum atomic E-state index is -0.240. The van der Waals surface area contributed by atoms with Gasteiger partial charge in [-0.15, -0.1) is 0 Å². The molecule has 0 unspecified atom stereocenters. The van der Waals surface area contributed by atoms with E-state index >= 15 is 0 Å². The smallest absolute Gasteiger partial charge is 0.259 e. The number of amides is 2. The van der Waals surface area contributed by atoms with Crippen LogP contribution in [-0.2, 0) is 4.79 Å². The first-order valence-electron chi connectivity index (χ1n) is 7.40. The maximum absolute atomic E-state index is 12.4. The molecule has 5 nitrogen and oxygen atoms in total. The zero-order valence-electron chi connectivity index (χ0n) is 13.5. The monoisotopic (exact) mass is 312 g/mol. The summed E-state index contributed by atoms with van der Waals surface area (Å²) < 4.78 is 5.30. The van der Waals surface area contributed by atoms with Crippen LogP contribution in [0.2, 0.25) is 0 Å². The first-order chi connectivity index (χ1) is 11.0. The molecule has 23 heavy (non-hydrogen) atoms. The fraction of sp³-hybridized carbons (Fsp3) is 0.222. The second-order valence-corrected chi connectivity index (χ2v) is 5.09. The Kier molecular flexibility index (Phi) is 5.36. The van der Waals surface area contributed by atoms with Crippen LogP contribution in [0.15, 0.2) is 42.5 Å². The van der Waals surface area contributed by atoms with E-state index in [1.54, 1.807) is 44.4 Å². The molecule has 5 heteroatoms. The van der Waals surface area contributed by atoms with Crippen molar-refractivity contribution in [3.63, 3.8) is 0 Å². The number of rotatable bonds is 5. The van der Waals surface area contributed by atoms with Gasteiger partial charge in [-0.3, -0.25) is 9.59 Å². The standard InChI is InChI=1S/C18H20N2O3/c1-4-16(21)19-13-8-10-14(11-9-13)20-18(22)15-7-5-6-12(2)17(15)23-3/h5-11H,4H2,1-3H3,(H,19,21)(H,20,22). The molecule has 2 amide bonds. The summed E-state index contributed by atoms with van der Waals surface area (Å²) in [6, 6.07) is 12.4. The molecule has 0 spiro atoms. The van der Waals surface area contributed by atoms with Crippen LogP contribution in [0.1, 0.15) is 29.3 Å². The molecule has 0 saturated heterocycles. The number of hydrogen-bond acceptors (Lipinski definition) is 3. The molecule has 0 heterocycles. The molecule has 0 saturated carbocycles. The molecule has 0 aliphatic rings. The first kappa shape index (κ1) is 16.5. The van der Waals surface area contributed by atoms with Crippen molar-refractivity contribution < 1.29 is 14.3 Å². The maximum atomic E-state index is 12.4. The molecule has 2 aromatic rings. The van der Waals surface area contributed by atoms with E-state index in [0.29, 0.717) is 29.1 Å². The number of methoxy groups -OCH3 is 1. The van der Waals surface area contributed by atoms with Crippen LogP contribution in [0, 0.1) is 6.92 Å². The van der Waals surface area contributed by atoms with E-state index in [1.807, 2.05) is 19.1 Å². The minimum Gasteiger partial charge on any atom is -0.496 e. The number of carbonyl (C=O) groups excluding carboxylic acids is 2. The van der Waals surface area contributed by atoms with E-state index in [9.17, 15) is 9.59 Å². The highest BCUT2D eigenvalue weighted by Gasteiger charge is 2.14. The van der Waals surface area contributed by atoms with Gasteiger partial charge in [-0.25, -0.2) is 0 Å². The average Bonchev–Trinajstić information content (AvgIpc) is 2.56. The maximum Gasteiger partial charge on any atom is 0.259 e. The van der Waals surface area contributed by atoms with Crippen molar-refractivity contribution in [1.82, 2.24) is 0 Å². The fourth-order valence-corrected chi connectivity index (χ4v) is 2.19. The number of para-hydroxylation sites is 1. The van der Waals surface area contributed by atoms with Crippen molar-refractivity contribution in [2.24, 2.45) is 0 Å². The second-order valence-electron chi connectivity index (χ2n) is 5.09. The Bertz CT molecular complexity index is 709. The highest BCUT2D eigenvalue weighted by Crippen LogP contribution is 2.24. The molecular formula is C18H20N2O3. The Morgan fingerprint density at radius 3 is 2.17 bits per heavy atom. The molecule has 2 rings (SSSR count). The van der Waals surface area contributed by atoms with Crippen LogP contribution in [0.4, 0.5) is 11.4 Å². The van der Waals surface area contributed by atoms with Crippen molar-refractivity contribution in [3.05, 3.63) is 53.6 Å². The molecule has 0 atom stereocenters. The van der Waals surface area contributed by atoms with Gasteiger partial charge in [-0.05, 0) is 42.8 Å². The number of benzene rings is 2. The molecule has 120 valence electrons. The van der Waals surface area contributed by atoms with Gasteiger partial charge in [0.2, 0.25) is 5.91 Å². The molecule has 2 aromatic carbocycles. The van der Waals surface area contributed by atoms with Gasteiger partial charge in [-0.1, -0.05) is 19.1 Å². The first-order valence-corrected chi connectivity index (χ1v) is 7.40. The normalized spacial score (nSPS) is 10.0. The lowest BCUT2D eigenvalue weighted by atomic mass is 10.1. The van der Waals surface area contributed by atoms with Gasteiger partial charge < -0.3 is 15.4 Å². The lowest BCUT2D eigenvalue weighted by molar-refractivity contribution is -0.115. The Labute approximate surface area is 135 Å². The van der Waals surface area contributed by atoms with Gasteiger partial charge >= 0.3 is 0 Å². The van der Waals surface area contributed by atoms with E-state index in [2.05, 4.69) is 10.6 Å². The van der Waals surface area contributed by atoms with Crippen LogP contribution in [0.5, 0.6) is 5.75 Å². The number of hydrogen-bond donors (Lipinski definition) is 2. The lowest BCUT2D eigenvalue weighted by Crippen LogP contribution is -2.14. The zero-order chi connectivity index (χ0) is 16.8. The number of aryl methyl sites for hydroxylation is 1. The minimum absolute atomic E-state index is 0.0497. The van der Waals surface area contributed by atoms with Gasteiger partial charge in [0.05, 0.1) is 12.7 Å². The molecule has 0 fully saturated rings. The van der Waals surface area contributed by atoms with Gasteiger partial charge in [0.1, 0.15) is 5.75 Å². The summed E-state index contributed by atoms with van der Waals surface area (Å²) in [4.78, 5) is 23.7. The third-order valence-corrected chi connectivity index (χ3v) is 3.41. The third kappa shape index (κ3) is 4.10. The topological polar surface area (TPSA) is 67.4 Å². The highest BCUT2D eigenvalue weighted by atomic mass is 16.5. The van der Waals surface area contributed by atoms with Crippen molar-refractivity contribution in [1.29, 1.82) is 0 Å². The Hall–Kier alpha value is -2.82. The number of nitrogens with one attached hydrogen (secondary N) is 2. The van der Waals surface area contributed by atoms with E-state index < -0.39 is 0 Å². The summed E-state index contributed by atoms with van der Waals surface area (Å²) in [5.41, 5.74) is 2.73. The summed E-state index contributed by atoms with van der Waals surface area (Å²) in [6.45, 7) is 3.68. The number of ether oxygens (including phenoxy) is 1. The summed E-state index contributed by atoms with van der Waals surface area (Å²) in [5.74, 6) is 0.277. The van der Waals surface area contributed by atoms with Crippen molar-refractivity contribution in [2.75, 3.05) is 17.7 Å². The molecule has 0 radical (unpaired) electrons. The predicted octanol–water partition coefficient (Wildman–Crippen LogP) is 3.60. The summed E-state index contributed by atoms with van der Waals surface area (Å²) >= 11 is 0. The van der Waals surface area contributed by atoms with Gasteiger partial charge in [0, 0.05) is 17.8 Å². The average molecular weight is 312 g/mol. The summed E-state index contributed by atoms with van der Waals surface area (Å²) in [7, 11) is 1.55. The Balaban J connectivity index is 2.12.